The van der Waals surface area contributed by atoms with Gasteiger partial charge in [0.1, 0.15) is 10.6 Å². The molecule has 0 heterocycles. The Balaban J connectivity index is 2.88. The normalized spacial score (nSPS) is 14.0. The quantitative estimate of drug-likeness (QED) is 0.803. The van der Waals surface area contributed by atoms with Gasteiger partial charge in [0.2, 0.25) is 10.0 Å². The number of aliphatic hydroxyl groups excluding tert-OH is 1. The number of aliphatic hydroxyl groups is 1. The third-order valence-corrected chi connectivity index (χ3v) is 4.11. The maximum absolute atomic E-state index is 12.2. The zero-order valence-corrected chi connectivity index (χ0v) is 12.0. The van der Waals surface area contributed by atoms with Gasteiger partial charge >= 0.3 is 6.36 Å². The van der Waals surface area contributed by atoms with E-state index in [2.05, 4.69) is 9.46 Å². The SMILES string of the molecule is CCC(O)CCNS(=O)(=O)c1ccccc1OC(F)(F)F. The molecular formula is C12H16F3NO4S. The van der Waals surface area contributed by atoms with Gasteiger partial charge in [-0.25, -0.2) is 13.1 Å². The Bertz CT molecular complexity index is 560. The lowest BCUT2D eigenvalue weighted by atomic mass is 10.2. The van der Waals surface area contributed by atoms with Crippen LogP contribution in [0.25, 0.3) is 0 Å². The van der Waals surface area contributed by atoms with Gasteiger partial charge < -0.3 is 9.84 Å². The number of benzene rings is 1. The smallest absolute Gasteiger partial charge is 0.404 e. The molecule has 0 radical (unpaired) electrons. The van der Waals surface area contributed by atoms with Crippen LogP contribution in [0.15, 0.2) is 29.2 Å². The van der Waals surface area contributed by atoms with Crippen LogP contribution < -0.4 is 9.46 Å². The summed E-state index contributed by atoms with van der Waals surface area (Å²) in [7, 11) is -4.15. The third kappa shape index (κ3) is 5.90. The molecule has 1 rings (SSSR count). The van der Waals surface area contributed by atoms with E-state index in [1.54, 1.807) is 6.92 Å². The van der Waals surface area contributed by atoms with Crippen LogP contribution in [0.2, 0.25) is 0 Å². The van der Waals surface area contributed by atoms with Gasteiger partial charge in [-0.1, -0.05) is 19.1 Å². The summed E-state index contributed by atoms with van der Waals surface area (Å²) in [4.78, 5) is -0.603. The standard InChI is InChI=1S/C12H16F3NO4S/c1-2-9(17)7-8-16-21(18,19)11-6-4-3-5-10(11)20-12(13,14)15/h3-6,9,16-17H,2,7-8H2,1H3. The summed E-state index contributed by atoms with van der Waals surface area (Å²) in [6, 6.07) is 4.46. The van der Waals surface area contributed by atoms with Crippen molar-refractivity contribution in [2.24, 2.45) is 0 Å². The van der Waals surface area contributed by atoms with E-state index in [1.165, 1.54) is 12.1 Å². The summed E-state index contributed by atoms with van der Waals surface area (Å²) in [5, 5.41) is 9.32. The first-order valence-electron chi connectivity index (χ1n) is 6.18. The van der Waals surface area contributed by atoms with Crippen molar-refractivity contribution >= 4 is 10.0 Å². The van der Waals surface area contributed by atoms with Crippen LogP contribution in [0.1, 0.15) is 19.8 Å². The summed E-state index contributed by atoms with van der Waals surface area (Å²) < 4.78 is 66.5. The van der Waals surface area contributed by atoms with Gasteiger partial charge in [-0.15, -0.1) is 13.2 Å². The lowest BCUT2D eigenvalue weighted by Crippen LogP contribution is -2.28. The molecule has 0 aliphatic heterocycles. The van der Waals surface area contributed by atoms with Crippen molar-refractivity contribution in [2.75, 3.05) is 6.54 Å². The summed E-state index contributed by atoms with van der Waals surface area (Å²) in [6.45, 7) is 1.64. The first-order valence-corrected chi connectivity index (χ1v) is 7.66. The van der Waals surface area contributed by atoms with Crippen molar-refractivity contribution in [1.29, 1.82) is 0 Å². The molecule has 0 amide bonds. The fourth-order valence-electron chi connectivity index (χ4n) is 1.52. The second-order valence-corrected chi connectivity index (χ2v) is 5.98. The van der Waals surface area contributed by atoms with E-state index in [4.69, 9.17) is 0 Å². The predicted octanol–water partition coefficient (Wildman–Crippen LogP) is 2.02. The molecule has 0 saturated heterocycles. The van der Waals surface area contributed by atoms with Gasteiger partial charge in [-0.05, 0) is 25.0 Å². The molecule has 1 atom stereocenters. The van der Waals surface area contributed by atoms with E-state index in [-0.39, 0.29) is 13.0 Å². The number of sulfonamides is 1. The molecular weight excluding hydrogens is 311 g/mol. The zero-order chi connectivity index (χ0) is 16.1. The Morgan fingerprint density at radius 3 is 2.52 bits per heavy atom. The van der Waals surface area contributed by atoms with Crippen molar-refractivity contribution in [1.82, 2.24) is 4.72 Å². The number of rotatable bonds is 7. The first-order chi connectivity index (χ1) is 9.65. The predicted molar refractivity (Wildman–Crippen MR) is 69.2 cm³/mol. The molecule has 0 fully saturated rings. The molecule has 0 aromatic heterocycles. The molecule has 0 bridgehead atoms. The number of halogens is 3. The maximum atomic E-state index is 12.2. The fraction of sp³-hybridized carbons (Fsp3) is 0.500. The minimum atomic E-state index is -4.98. The molecule has 120 valence electrons. The van der Waals surface area contributed by atoms with Crippen molar-refractivity contribution in [3.05, 3.63) is 24.3 Å². The molecule has 0 saturated carbocycles. The number of ether oxygens (including phenoxy) is 1. The highest BCUT2D eigenvalue weighted by molar-refractivity contribution is 7.89. The van der Waals surface area contributed by atoms with Crippen LogP contribution >= 0.6 is 0 Å². The molecule has 5 nitrogen and oxygen atoms in total. The van der Waals surface area contributed by atoms with E-state index in [9.17, 15) is 26.7 Å². The molecule has 9 heteroatoms. The van der Waals surface area contributed by atoms with Gasteiger partial charge in [0, 0.05) is 6.54 Å². The molecule has 1 aromatic carbocycles. The largest absolute Gasteiger partial charge is 0.573 e. The summed E-state index contributed by atoms with van der Waals surface area (Å²) in [5.74, 6) is -0.798. The van der Waals surface area contributed by atoms with E-state index >= 15 is 0 Å². The van der Waals surface area contributed by atoms with Crippen molar-refractivity contribution in [3.63, 3.8) is 0 Å². The highest BCUT2D eigenvalue weighted by Gasteiger charge is 2.33. The van der Waals surface area contributed by atoms with Gasteiger partial charge in [0.25, 0.3) is 0 Å². The molecule has 1 unspecified atom stereocenters. The number of hydrogen-bond acceptors (Lipinski definition) is 4. The molecule has 21 heavy (non-hydrogen) atoms. The highest BCUT2D eigenvalue weighted by Crippen LogP contribution is 2.29. The minimum absolute atomic E-state index is 0.0856. The minimum Gasteiger partial charge on any atom is -0.404 e. The summed E-state index contributed by atoms with van der Waals surface area (Å²) >= 11 is 0. The van der Waals surface area contributed by atoms with Gasteiger partial charge in [-0.3, -0.25) is 0 Å². The molecule has 1 aromatic rings. The lowest BCUT2D eigenvalue weighted by molar-refractivity contribution is -0.275. The molecule has 0 aliphatic carbocycles. The molecule has 2 N–H and O–H groups in total. The molecule has 0 aliphatic rings. The first kappa shape index (κ1) is 17.7. The number of hydrogen-bond donors (Lipinski definition) is 2. The number of para-hydroxylation sites is 1. The maximum Gasteiger partial charge on any atom is 0.573 e. The van der Waals surface area contributed by atoms with Crippen molar-refractivity contribution in [3.8, 4) is 5.75 Å². The van der Waals surface area contributed by atoms with E-state index in [0.29, 0.717) is 6.42 Å². The summed E-state index contributed by atoms with van der Waals surface area (Å²) in [6.07, 6.45) is -5.04. The average molecular weight is 327 g/mol. The van der Waals surface area contributed by atoms with Crippen LogP contribution in [0, 0.1) is 0 Å². The Hall–Kier alpha value is -1.32. The fourth-order valence-corrected chi connectivity index (χ4v) is 2.70. The monoisotopic (exact) mass is 327 g/mol. The van der Waals surface area contributed by atoms with Gasteiger partial charge in [0.15, 0.2) is 0 Å². The third-order valence-electron chi connectivity index (χ3n) is 2.61. The Labute approximate surface area is 120 Å². The zero-order valence-electron chi connectivity index (χ0n) is 11.2. The Kier molecular flexibility index (Phi) is 5.99. The topological polar surface area (TPSA) is 75.6 Å². The van der Waals surface area contributed by atoms with Crippen LogP contribution in [-0.4, -0.2) is 32.5 Å². The van der Waals surface area contributed by atoms with E-state index < -0.39 is 33.1 Å². The second-order valence-electron chi connectivity index (χ2n) is 4.24. The summed E-state index contributed by atoms with van der Waals surface area (Å²) in [5.41, 5.74) is 0. The highest BCUT2D eigenvalue weighted by atomic mass is 32.2. The lowest BCUT2D eigenvalue weighted by Gasteiger charge is -2.14. The van der Waals surface area contributed by atoms with E-state index in [0.717, 1.165) is 12.1 Å². The van der Waals surface area contributed by atoms with Gasteiger partial charge in [0.05, 0.1) is 6.10 Å². The second kappa shape index (κ2) is 7.10. The van der Waals surface area contributed by atoms with Crippen molar-refractivity contribution in [2.45, 2.75) is 37.1 Å². The van der Waals surface area contributed by atoms with Crippen LogP contribution in [0.4, 0.5) is 13.2 Å². The number of nitrogens with one attached hydrogen (secondary N) is 1. The van der Waals surface area contributed by atoms with Gasteiger partial charge in [-0.2, -0.15) is 0 Å². The van der Waals surface area contributed by atoms with Crippen molar-refractivity contribution < 1.29 is 31.4 Å². The number of alkyl halides is 3. The van der Waals surface area contributed by atoms with E-state index in [1.807, 2.05) is 0 Å². The van der Waals surface area contributed by atoms with Crippen LogP contribution in [0.5, 0.6) is 5.75 Å². The molecule has 0 spiro atoms. The van der Waals surface area contributed by atoms with Crippen LogP contribution in [0.3, 0.4) is 0 Å². The average Bonchev–Trinajstić information content (AvgIpc) is 2.36. The Morgan fingerprint density at radius 1 is 1.33 bits per heavy atom. The Morgan fingerprint density at radius 2 is 1.95 bits per heavy atom. The van der Waals surface area contributed by atoms with Crippen LogP contribution in [-0.2, 0) is 10.0 Å².